The molecule has 1 atom stereocenters. The molecule has 0 radical (unpaired) electrons. The van der Waals surface area contributed by atoms with E-state index in [9.17, 15) is 33.0 Å². The summed E-state index contributed by atoms with van der Waals surface area (Å²) in [6.07, 6.45) is -0.652. The summed E-state index contributed by atoms with van der Waals surface area (Å²) >= 11 is 0. The lowest BCUT2D eigenvalue weighted by molar-refractivity contribution is -0.139. The fraction of sp³-hybridized carbons (Fsp3) is 0.550. The molecule has 0 aliphatic heterocycles. The van der Waals surface area contributed by atoms with Crippen molar-refractivity contribution in [3.63, 3.8) is 0 Å². The van der Waals surface area contributed by atoms with Gasteiger partial charge in [-0.2, -0.15) is 0 Å². The highest BCUT2D eigenvalue weighted by molar-refractivity contribution is 7.88. The molecule has 2 amide bonds. The Kier molecular flexibility index (Phi) is 10.7. The molecular formula is C20H31N3O8S. The fourth-order valence-electron chi connectivity index (χ4n) is 2.37. The van der Waals surface area contributed by atoms with Gasteiger partial charge in [-0.3, -0.25) is 14.4 Å². The standard InChI is InChI=1S/C20H31N3O8S/c1-20(2,13-24)17(26)19(28)21-8-7-16(25)18(27)22-12-14-5-4-6-15(11-14)31-10-9-23-32(3,29)30/h4-6,11,17,23-24,26H,7-10,12-13H2,1-3H3,(H,21,28)(H,22,27)/t17-/m0/s1. The first-order valence-corrected chi connectivity index (χ1v) is 11.8. The maximum atomic E-state index is 12.0. The van der Waals surface area contributed by atoms with E-state index in [0.717, 1.165) is 6.26 Å². The lowest BCUT2D eigenvalue weighted by Crippen LogP contribution is -2.46. The van der Waals surface area contributed by atoms with Gasteiger partial charge in [-0.25, -0.2) is 13.1 Å². The minimum atomic E-state index is -3.29. The van der Waals surface area contributed by atoms with Crippen LogP contribution in [0.15, 0.2) is 24.3 Å². The van der Waals surface area contributed by atoms with E-state index in [-0.39, 0.29) is 32.7 Å². The number of nitrogens with one attached hydrogen (secondary N) is 3. The van der Waals surface area contributed by atoms with Gasteiger partial charge in [0.2, 0.25) is 21.7 Å². The summed E-state index contributed by atoms with van der Waals surface area (Å²) < 4.78 is 29.8. The first-order valence-electron chi connectivity index (χ1n) is 9.90. The number of Topliss-reactive ketones (excluding diaryl/α,β-unsaturated/α-hetero) is 1. The smallest absolute Gasteiger partial charge is 0.287 e. The van der Waals surface area contributed by atoms with Gasteiger partial charge in [-0.1, -0.05) is 26.0 Å². The van der Waals surface area contributed by atoms with E-state index in [4.69, 9.17) is 4.74 Å². The third-order valence-electron chi connectivity index (χ3n) is 4.39. The number of carbonyl (C=O) groups is 3. The van der Waals surface area contributed by atoms with Crippen molar-refractivity contribution in [1.29, 1.82) is 0 Å². The molecule has 0 fully saturated rings. The zero-order valence-electron chi connectivity index (χ0n) is 18.4. The predicted octanol–water partition coefficient (Wildman–Crippen LogP) is -1.31. The number of sulfonamides is 1. The maximum Gasteiger partial charge on any atom is 0.287 e. The Hall–Kier alpha value is -2.54. The van der Waals surface area contributed by atoms with E-state index in [1.54, 1.807) is 24.3 Å². The molecule has 0 aromatic heterocycles. The van der Waals surface area contributed by atoms with Crippen molar-refractivity contribution in [1.82, 2.24) is 15.4 Å². The summed E-state index contributed by atoms with van der Waals surface area (Å²) in [5.74, 6) is -1.81. The molecule has 5 N–H and O–H groups in total. The Labute approximate surface area is 187 Å². The predicted molar refractivity (Wildman–Crippen MR) is 116 cm³/mol. The SMILES string of the molecule is CC(C)(CO)[C@@H](O)C(=O)NCCC(=O)C(=O)NCc1cccc(OCCNS(C)(=O)=O)c1. The highest BCUT2D eigenvalue weighted by atomic mass is 32.2. The Bertz CT molecular complexity index is 902. The number of ketones is 1. The van der Waals surface area contributed by atoms with Crippen molar-refractivity contribution in [3.05, 3.63) is 29.8 Å². The fourth-order valence-corrected chi connectivity index (χ4v) is 2.83. The van der Waals surface area contributed by atoms with Gasteiger partial charge >= 0.3 is 0 Å². The Morgan fingerprint density at radius 3 is 2.47 bits per heavy atom. The molecule has 180 valence electrons. The zero-order chi connectivity index (χ0) is 24.4. The minimum absolute atomic E-state index is 0.0686. The van der Waals surface area contributed by atoms with Gasteiger partial charge in [0.25, 0.3) is 5.91 Å². The van der Waals surface area contributed by atoms with Crippen LogP contribution in [-0.4, -0.2) is 74.9 Å². The van der Waals surface area contributed by atoms with E-state index >= 15 is 0 Å². The van der Waals surface area contributed by atoms with Crippen LogP contribution < -0.4 is 20.1 Å². The van der Waals surface area contributed by atoms with Crippen LogP contribution in [0, 0.1) is 5.41 Å². The second-order valence-corrected chi connectivity index (χ2v) is 9.69. The van der Waals surface area contributed by atoms with E-state index in [1.807, 2.05) is 0 Å². The van der Waals surface area contributed by atoms with Gasteiger partial charge in [0.1, 0.15) is 18.5 Å². The molecule has 1 aromatic rings. The van der Waals surface area contributed by atoms with Gasteiger partial charge < -0.3 is 25.6 Å². The molecule has 0 heterocycles. The summed E-state index contributed by atoms with van der Waals surface area (Å²) in [6, 6.07) is 6.73. The average molecular weight is 474 g/mol. The van der Waals surface area contributed by atoms with Crippen LogP contribution in [0.4, 0.5) is 0 Å². The molecule has 0 saturated heterocycles. The molecular weight excluding hydrogens is 442 g/mol. The van der Waals surface area contributed by atoms with Crippen molar-refractivity contribution in [3.8, 4) is 5.75 Å². The molecule has 0 aliphatic carbocycles. The summed E-state index contributed by atoms with van der Waals surface area (Å²) in [6.45, 7) is 2.81. The highest BCUT2D eigenvalue weighted by Gasteiger charge is 2.32. The van der Waals surface area contributed by atoms with Gasteiger partial charge in [-0.15, -0.1) is 0 Å². The van der Waals surface area contributed by atoms with Crippen molar-refractivity contribution >= 4 is 27.6 Å². The number of carbonyl (C=O) groups excluding carboxylic acids is 3. The van der Waals surface area contributed by atoms with Crippen LogP contribution in [0.2, 0.25) is 0 Å². The minimum Gasteiger partial charge on any atom is -0.492 e. The van der Waals surface area contributed by atoms with E-state index in [2.05, 4.69) is 15.4 Å². The van der Waals surface area contributed by atoms with Crippen molar-refractivity contribution in [2.24, 2.45) is 5.41 Å². The van der Waals surface area contributed by atoms with Crippen LogP contribution >= 0.6 is 0 Å². The van der Waals surface area contributed by atoms with Crippen LogP contribution in [0.3, 0.4) is 0 Å². The Morgan fingerprint density at radius 1 is 1.16 bits per heavy atom. The first-order chi connectivity index (χ1) is 14.9. The first kappa shape index (κ1) is 27.5. The summed E-state index contributed by atoms with van der Waals surface area (Å²) in [7, 11) is -3.29. The zero-order valence-corrected chi connectivity index (χ0v) is 19.2. The number of hydrogen-bond acceptors (Lipinski definition) is 8. The second-order valence-electron chi connectivity index (χ2n) is 7.86. The van der Waals surface area contributed by atoms with Crippen molar-refractivity contribution in [2.75, 3.05) is 32.6 Å². The lowest BCUT2D eigenvalue weighted by atomic mass is 9.87. The van der Waals surface area contributed by atoms with Gasteiger partial charge in [0, 0.05) is 31.5 Å². The van der Waals surface area contributed by atoms with Crippen molar-refractivity contribution < 1.29 is 37.8 Å². The average Bonchev–Trinajstić information content (AvgIpc) is 2.73. The van der Waals surface area contributed by atoms with Crippen molar-refractivity contribution in [2.45, 2.75) is 32.9 Å². The molecule has 11 nitrogen and oxygen atoms in total. The third-order valence-corrected chi connectivity index (χ3v) is 5.12. The topological polar surface area (TPSA) is 171 Å². The van der Waals surface area contributed by atoms with E-state index in [0.29, 0.717) is 11.3 Å². The molecule has 1 aromatic carbocycles. The normalized spacial score (nSPS) is 12.7. The van der Waals surface area contributed by atoms with E-state index in [1.165, 1.54) is 13.8 Å². The number of benzene rings is 1. The van der Waals surface area contributed by atoms with Crippen LogP contribution in [-0.2, 0) is 31.0 Å². The third kappa shape index (κ3) is 10.2. The number of hydrogen-bond donors (Lipinski definition) is 5. The number of rotatable bonds is 14. The molecule has 0 unspecified atom stereocenters. The Balaban J connectivity index is 2.40. The highest BCUT2D eigenvalue weighted by Crippen LogP contribution is 2.19. The Morgan fingerprint density at radius 2 is 1.84 bits per heavy atom. The van der Waals surface area contributed by atoms with E-state index < -0.39 is 45.7 Å². The summed E-state index contributed by atoms with van der Waals surface area (Å²) in [5, 5.41) is 23.9. The monoisotopic (exact) mass is 473 g/mol. The number of amides is 2. The quantitative estimate of drug-likeness (QED) is 0.164. The molecule has 0 saturated carbocycles. The van der Waals surface area contributed by atoms with Gasteiger partial charge in [-0.05, 0) is 17.7 Å². The number of ether oxygens (including phenoxy) is 1. The van der Waals surface area contributed by atoms with Gasteiger partial charge in [0.15, 0.2) is 0 Å². The van der Waals surface area contributed by atoms with Gasteiger partial charge in [0.05, 0.1) is 12.9 Å². The molecule has 12 heteroatoms. The second kappa shape index (κ2) is 12.5. The van der Waals surface area contributed by atoms with Crippen LogP contribution in [0.25, 0.3) is 0 Å². The summed E-state index contributed by atoms with van der Waals surface area (Å²) in [5.41, 5.74) is -0.365. The summed E-state index contributed by atoms with van der Waals surface area (Å²) in [4.78, 5) is 35.8. The molecule has 0 spiro atoms. The lowest BCUT2D eigenvalue weighted by Gasteiger charge is -2.27. The largest absolute Gasteiger partial charge is 0.492 e. The molecule has 0 aliphatic rings. The van der Waals surface area contributed by atoms with Crippen LogP contribution in [0.5, 0.6) is 5.75 Å². The maximum absolute atomic E-state index is 12.0. The van der Waals surface area contributed by atoms with Crippen LogP contribution in [0.1, 0.15) is 25.8 Å². The number of aliphatic hydroxyl groups is 2. The number of aliphatic hydroxyl groups excluding tert-OH is 2. The molecule has 32 heavy (non-hydrogen) atoms. The molecule has 1 rings (SSSR count). The molecule has 0 bridgehead atoms.